The number of anilines is 2. The van der Waals surface area contributed by atoms with Crippen molar-refractivity contribution < 1.29 is 9.13 Å². The summed E-state index contributed by atoms with van der Waals surface area (Å²) in [5, 5.41) is 0. The number of halogens is 1. The molecule has 0 aliphatic rings. The van der Waals surface area contributed by atoms with Gasteiger partial charge in [-0.15, -0.1) is 0 Å². The third-order valence-corrected chi connectivity index (χ3v) is 2.09. The molecule has 0 bridgehead atoms. The summed E-state index contributed by atoms with van der Waals surface area (Å²) >= 11 is 0. The summed E-state index contributed by atoms with van der Waals surface area (Å²) < 4.78 is 18.4. The molecular weight excluding hydrogens is 223 g/mol. The van der Waals surface area contributed by atoms with Crippen molar-refractivity contribution >= 4 is 11.8 Å². The van der Waals surface area contributed by atoms with Crippen LogP contribution >= 0.6 is 0 Å². The number of ether oxygens (including phenoxy) is 1. The number of rotatable bonds is 2. The molecule has 0 aliphatic carbocycles. The van der Waals surface area contributed by atoms with Crippen LogP contribution in [0.25, 0.3) is 0 Å². The second-order valence-corrected chi connectivity index (χ2v) is 3.50. The Morgan fingerprint density at radius 2 is 1.94 bits per heavy atom. The lowest BCUT2D eigenvalue weighted by Crippen LogP contribution is -2.00. The van der Waals surface area contributed by atoms with Crippen molar-refractivity contribution in [2.45, 2.75) is 6.92 Å². The molecule has 1 aromatic carbocycles. The zero-order valence-corrected chi connectivity index (χ0v) is 9.14. The number of aryl methyl sites for hydroxylation is 1. The smallest absolute Gasteiger partial charge is 0.226 e. The molecule has 0 saturated carbocycles. The molecule has 4 N–H and O–H groups in total. The zero-order chi connectivity index (χ0) is 12.4. The molecule has 1 heterocycles. The third kappa shape index (κ3) is 2.60. The van der Waals surface area contributed by atoms with Gasteiger partial charge in [0.15, 0.2) is 0 Å². The Hall–Kier alpha value is -2.37. The van der Waals surface area contributed by atoms with Crippen LogP contribution in [0.5, 0.6) is 11.6 Å². The van der Waals surface area contributed by atoms with Gasteiger partial charge in [0.25, 0.3) is 0 Å². The summed E-state index contributed by atoms with van der Waals surface area (Å²) in [6, 6.07) is 5.81. The maximum atomic E-state index is 13.0. The molecule has 0 saturated heterocycles. The Labute approximate surface area is 97.3 Å². The number of aromatic nitrogens is 2. The molecule has 0 radical (unpaired) electrons. The molecule has 2 rings (SSSR count). The van der Waals surface area contributed by atoms with Crippen molar-refractivity contribution in [2.75, 3.05) is 11.5 Å². The van der Waals surface area contributed by atoms with Gasteiger partial charge in [-0.1, -0.05) is 0 Å². The van der Waals surface area contributed by atoms with E-state index >= 15 is 0 Å². The first kappa shape index (κ1) is 11.1. The first-order chi connectivity index (χ1) is 8.04. The standard InChI is InChI=1S/C11H11FN4O/c1-6-4-7(2-3-8(6)12)17-10-5-9(13)15-11(14)16-10/h2-5H,1H3,(H4,13,14,15,16). The molecule has 0 unspecified atom stereocenters. The van der Waals surface area contributed by atoms with E-state index in [1.165, 1.54) is 18.2 Å². The predicted molar refractivity (Wildman–Crippen MR) is 62.1 cm³/mol. The van der Waals surface area contributed by atoms with Gasteiger partial charge in [0.05, 0.1) is 0 Å². The summed E-state index contributed by atoms with van der Waals surface area (Å²) in [5.41, 5.74) is 11.4. The maximum absolute atomic E-state index is 13.0. The Kier molecular flexibility index (Phi) is 2.78. The number of nitrogens with zero attached hydrogens (tertiary/aromatic N) is 2. The van der Waals surface area contributed by atoms with Crippen LogP contribution in [0, 0.1) is 12.7 Å². The fourth-order valence-corrected chi connectivity index (χ4v) is 1.31. The van der Waals surface area contributed by atoms with E-state index in [1.54, 1.807) is 13.0 Å². The van der Waals surface area contributed by atoms with Crippen LogP contribution < -0.4 is 16.2 Å². The van der Waals surface area contributed by atoms with E-state index in [2.05, 4.69) is 9.97 Å². The number of nitrogen functional groups attached to an aromatic ring is 2. The molecule has 2 aromatic rings. The SMILES string of the molecule is Cc1cc(Oc2cc(N)nc(N)n2)ccc1F. The summed E-state index contributed by atoms with van der Waals surface area (Å²) in [5.74, 6) is 0.631. The lowest BCUT2D eigenvalue weighted by atomic mass is 10.2. The van der Waals surface area contributed by atoms with Gasteiger partial charge in [-0.25, -0.2) is 4.39 Å². The molecule has 17 heavy (non-hydrogen) atoms. The van der Waals surface area contributed by atoms with Gasteiger partial charge in [-0.2, -0.15) is 9.97 Å². The van der Waals surface area contributed by atoms with Crippen molar-refractivity contribution in [3.8, 4) is 11.6 Å². The van der Waals surface area contributed by atoms with Crippen LogP contribution in [0.4, 0.5) is 16.2 Å². The Bertz CT molecular complexity index is 539. The van der Waals surface area contributed by atoms with Gasteiger partial charge >= 0.3 is 0 Å². The van der Waals surface area contributed by atoms with Crippen molar-refractivity contribution in [3.63, 3.8) is 0 Å². The fraction of sp³-hybridized carbons (Fsp3) is 0.0909. The highest BCUT2D eigenvalue weighted by Gasteiger charge is 2.04. The Balaban J connectivity index is 2.28. The number of benzene rings is 1. The highest BCUT2D eigenvalue weighted by atomic mass is 19.1. The second-order valence-electron chi connectivity index (χ2n) is 3.50. The first-order valence-electron chi connectivity index (χ1n) is 4.88. The summed E-state index contributed by atoms with van der Waals surface area (Å²) in [4.78, 5) is 7.56. The van der Waals surface area contributed by atoms with E-state index in [-0.39, 0.29) is 23.5 Å². The van der Waals surface area contributed by atoms with Crippen molar-refractivity contribution in [3.05, 3.63) is 35.6 Å². The van der Waals surface area contributed by atoms with Crippen molar-refractivity contribution in [1.82, 2.24) is 9.97 Å². The van der Waals surface area contributed by atoms with E-state index in [1.807, 2.05) is 0 Å². The molecular formula is C11H11FN4O. The number of hydrogen-bond acceptors (Lipinski definition) is 5. The zero-order valence-electron chi connectivity index (χ0n) is 9.14. The van der Waals surface area contributed by atoms with Crippen LogP contribution in [-0.2, 0) is 0 Å². The quantitative estimate of drug-likeness (QED) is 0.828. The molecule has 1 aromatic heterocycles. The van der Waals surface area contributed by atoms with Crippen LogP contribution in [0.3, 0.4) is 0 Å². The van der Waals surface area contributed by atoms with Crippen LogP contribution in [0.15, 0.2) is 24.3 Å². The monoisotopic (exact) mass is 234 g/mol. The lowest BCUT2D eigenvalue weighted by molar-refractivity contribution is 0.460. The minimum atomic E-state index is -0.293. The normalized spacial score (nSPS) is 10.2. The van der Waals surface area contributed by atoms with E-state index < -0.39 is 0 Å². The Morgan fingerprint density at radius 3 is 2.59 bits per heavy atom. The predicted octanol–water partition coefficient (Wildman–Crippen LogP) is 1.88. The summed E-state index contributed by atoms with van der Waals surface area (Å²) in [7, 11) is 0. The maximum Gasteiger partial charge on any atom is 0.226 e. The molecule has 0 amide bonds. The van der Waals surface area contributed by atoms with Crippen LogP contribution in [0.1, 0.15) is 5.56 Å². The fourth-order valence-electron chi connectivity index (χ4n) is 1.31. The van der Waals surface area contributed by atoms with Crippen molar-refractivity contribution in [2.24, 2.45) is 0 Å². The number of hydrogen-bond donors (Lipinski definition) is 2. The minimum Gasteiger partial charge on any atom is -0.439 e. The second kappa shape index (κ2) is 4.25. The van der Waals surface area contributed by atoms with E-state index in [0.717, 1.165) is 0 Å². The molecule has 0 atom stereocenters. The van der Waals surface area contributed by atoms with Gasteiger partial charge in [0.1, 0.15) is 17.4 Å². The molecule has 0 aliphatic heterocycles. The van der Waals surface area contributed by atoms with Crippen molar-refractivity contribution in [1.29, 1.82) is 0 Å². The van der Waals surface area contributed by atoms with E-state index in [4.69, 9.17) is 16.2 Å². The van der Waals surface area contributed by atoms with Gasteiger partial charge < -0.3 is 16.2 Å². The molecule has 0 fully saturated rings. The lowest BCUT2D eigenvalue weighted by Gasteiger charge is -2.06. The topological polar surface area (TPSA) is 87.0 Å². The van der Waals surface area contributed by atoms with Gasteiger partial charge in [0.2, 0.25) is 11.8 Å². The largest absolute Gasteiger partial charge is 0.439 e. The minimum absolute atomic E-state index is 0.0267. The summed E-state index contributed by atoms with van der Waals surface area (Å²) in [6.07, 6.45) is 0. The van der Waals surface area contributed by atoms with Gasteiger partial charge in [0, 0.05) is 6.07 Å². The molecule has 88 valence electrons. The average molecular weight is 234 g/mol. The Morgan fingerprint density at radius 1 is 1.18 bits per heavy atom. The molecule has 6 heteroatoms. The highest BCUT2D eigenvalue weighted by Crippen LogP contribution is 2.23. The van der Waals surface area contributed by atoms with Gasteiger partial charge in [-0.3, -0.25) is 0 Å². The molecule has 5 nitrogen and oxygen atoms in total. The van der Waals surface area contributed by atoms with Crippen LogP contribution in [0.2, 0.25) is 0 Å². The average Bonchev–Trinajstić information content (AvgIpc) is 2.22. The highest BCUT2D eigenvalue weighted by molar-refractivity contribution is 5.40. The first-order valence-corrected chi connectivity index (χ1v) is 4.88. The van der Waals surface area contributed by atoms with Crippen LogP contribution in [-0.4, -0.2) is 9.97 Å². The summed E-state index contributed by atoms with van der Waals surface area (Å²) in [6.45, 7) is 1.64. The number of nitrogens with two attached hydrogens (primary N) is 2. The third-order valence-electron chi connectivity index (χ3n) is 2.09. The van der Waals surface area contributed by atoms with E-state index in [0.29, 0.717) is 11.3 Å². The van der Waals surface area contributed by atoms with E-state index in [9.17, 15) is 4.39 Å². The van der Waals surface area contributed by atoms with Gasteiger partial charge in [-0.05, 0) is 30.7 Å². The molecule has 0 spiro atoms.